The van der Waals surface area contributed by atoms with Crippen LogP contribution in [0.15, 0.2) is 60.2 Å². The number of thiazole rings is 1. The fourth-order valence-corrected chi connectivity index (χ4v) is 3.75. The van der Waals surface area contributed by atoms with E-state index < -0.39 is 0 Å². The lowest BCUT2D eigenvalue weighted by Crippen LogP contribution is -2.01. The van der Waals surface area contributed by atoms with Gasteiger partial charge in [0.05, 0.1) is 19.8 Å². The minimum absolute atomic E-state index is 0.0526. The molecule has 0 amide bonds. The van der Waals surface area contributed by atoms with E-state index in [1.807, 2.05) is 54.0 Å². The van der Waals surface area contributed by atoms with Gasteiger partial charge in [0.1, 0.15) is 11.5 Å². The summed E-state index contributed by atoms with van der Waals surface area (Å²) >= 11 is 1.35. The molecule has 0 fully saturated rings. The number of hydrogen-bond donors (Lipinski definition) is 0. The molecule has 0 saturated heterocycles. The van der Waals surface area contributed by atoms with E-state index in [2.05, 4.69) is 9.55 Å². The maximum Gasteiger partial charge on any atom is 0.223 e. The number of hydrogen-bond acceptors (Lipinski definition) is 5. The molecule has 0 bridgehead atoms. The number of carbonyl (C=O) groups excluding carboxylic acids is 1. The maximum absolute atomic E-state index is 12.9. The summed E-state index contributed by atoms with van der Waals surface area (Å²) in [5, 5.41) is 3.24. The third-order valence-corrected chi connectivity index (χ3v) is 5.20. The Morgan fingerprint density at radius 3 is 2.52 bits per heavy atom. The molecule has 5 nitrogen and oxygen atoms in total. The first-order chi connectivity index (χ1) is 13.2. The van der Waals surface area contributed by atoms with Crippen LogP contribution in [0.3, 0.4) is 0 Å². The minimum atomic E-state index is -0.0526. The third-order valence-electron chi connectivity index (χ3n) is 4.42. The fourth-order valence-electron chi connectivity index (χ4n) is 3.16. The Bertz CT molecular complexity index is 1080. The van der Waals surface area contributed by atoms with Gasteiger partial charge < -0.3 is 14.0 Å². The molecular formula is C21H18N2O3S. The molecule has 0 aliphatic rings. The van der Waals surface area contributed by atoms with Gasteiger partial charge in [0.25, 0.3) is 0 Å². The first-order valence-electron chi connectivity index (χ1n) is 8.43. The van der Waals surface area contributed by atoms with Crippen molar-refractivity contribution < 1.29 is 14.3 Å². The minimum Gasteiger partial charge on any atom is -0.497 e. The van der Waals surface area contributed by atoms with Crippen molar-refractivity contribution in [2.75, 3.05) is 14.2 Å². The highest BCUT2D eigenvalue weighted by Crippen LogP contribution is 2.27. The Labute approximate surface area is 160 Å². The number of ketones is 1. The van der Waals surface area contributed by atoms with Crippen molar-refractivity contribution in [3.8, 4) is 11.5 Å². The number of para-hydroxylation sites is 1. The molecule has 2 aromatic carbocycles. The molecule has 0 saturated carbocycles. The summed E-state index contributed by atoms with van der Waals surface area (Å²) in [5.41, 5.74) is 2.69. The van der Waals surface area contributed by atoms with E-state index in [0.717, 1.165) is 28.0 Å². The van der Waals surface area contributed by atoms with Gasteiger partial charge in [-0.3, -0.25) is 4.79 Å². The van der Waals surface area contributed by atoms with Crippen molar-refractivity contribution in [3.05, 3.63) is 76.4 Å². The predicted molar refractivity (Wildman–Crippen MR) is 106 cm³/mol. The highest BCUT2D eigenvalue weighted by atomic mass is 32.1. The lowest BCUT2D eigenvalue weighted by atomic mass is 10.1. The van der Waals surface area contributed by atoms with Crippen molar-refractivity contribution in [1.29, 1.82) is 0 Å². The van der Waals surface area contributed by atoms with Crippen LogP contribution >= 0.6 is 11.3 Å². The quantitative estimate of drug-likeness (QED) is 0.467. The average Bonchev–Trinajstić information content (AvgIpc) is 3.36. The van der Waals surface area contributed by atoms with Crippen LogP contribution in [0, 0.1) is 0 Å². The van der Waals surface area contributed by atoms with Crippen LogP contribution < -0.4 is 9.47 Å². The van der Waals surface area contributed by atoms with Crippen molar-refractivity contribution in [2.24, 2.45) is 0 Å². The number of nitrogens with zero attached hydrogens (tertiary/aromatic N) is 2. The van der Waals surface area contributed by atoms with Gasteiger partial charge in [0.2, 0.25) is 5.78 Å². The SMILES string of the molecule is COc1cc(Cn2cc(C(=O)c3nccs3)c3ccccc32)cc(OC)c1. The second-order valence-electron chi connectivity index (χ2n) is 6.08. The number of methoxy groups -OCH3 is 2. The molecule has 0 aliphatic carbocycles. The molecule has 2 aromatic heterocycles. The number of carbonyl (C=O) groups is 1. The summed E-state index contributed by atoms with van der Waals surface area (Å²) in [6.07, 6.45) is 3.56. The van der Waals surface area contributed by atoms with Crippen LogP contribution in [0.5, 0.6) is 11.5 Å². The van der Waals surface area contributed by atoms with Crippen LogP contribution in [0.4, 0.5) is 0 Å². The molecule has 0 radical (unpaired) electrons. The van der Waals surface area contributed by atoms with Crippen molar-refractivity contribution >= 4 is 28.0 Å². The molecule has 0 N–H and O–H groups in total. The standard InChI is InChI=1S/C21H18N2O3S/c1-25-15-9-14(10-16(11-15)26-2)12-23-13-18(17-5-3-4-6-19(17)23)20(24)21-22-7-8-27-21/h3-11,13H,12H2,1-2H3. The van der Waals surface area contributed by atoms with E-state index in [-0.39, 0.29) is 5.78 Å². The van der Waals surface area contributed by atoms with E-state index in [4.69, 9.17) is 9.47 Å². The van der Waals surface area contributed by atoms with Crippen LogP contribution in [-0.2, 0) is 6.54 Å². The van der Waals surface area contributed by atoms with Crippen molar-refractivity contribution in [3.63, 3.8) is 0 Å². The number of rotatable bonds is 6. The predicted octanol–water partition coefficient (Wildman–Crippen LogP) is 4.39. The Morgan fingerprint density at radius 2 is 1.85 bits per heavy atom. The average molecular weight is 378 g/mol. The zero-order valence-electron chi connectivity index (χ0n) is 15.0. The van der Waals surface area contributed by atoms with Gasteiger partial charge in [0.15, 0.2) is 5.01 Å². The monoisotopic (exact) mass is 378 g/mol. The first kappa shape index (κ1) is 17.3. The zero-order valence-corrected chi connectivity index (χ0v) is 15.8. The van der Waals surface area contributed by atoms with Gasteiger partial charge in [-0.2, -0.15) is 0 Å². The Hall–Kier alpha value is -3.12. The highest BCUT2D eigenvalue weighted by Gasteiger charge is 2.18. The molecule has 2 heterocycles. The Kier molecular flexibility index (Phi) is 4.64. The van der Waals surface area contributed by atoms with Gasteiger partial charge in [-0.15, -0.1) is 11.3 Å². The molecule has 4 aromatic rings. The number of benzene rings is 2. The largest absolute Gasteiger partial charge is 0.497 e. The van der Waals surface area contributed by atoms with Gasteiger partial charge >= 0.3 is 0 Å². The van der Waals surface area contributed by atoms with Crippen LogP contribution in [0.25, 0.3) is 10.9 Å². The van der Waals surface area contributed by atoms with E-state index in [0.29, 0.717) is 17.1 Å². The van der Waals surface area contributed by atoms with E-state index in [1.165, 1.54) is 11.3 Å². The van der Waals surface area contributed by atoms with E-state index in [1.54, 1.807) is 20.4 Å². The normalized spacial score (nSPS) is 10.9. The molecule has 6 heteroatoms. The molecule has 4 rings (SSSR count). The molecule has 27 heavy (non-hydrogen) atoms. The summed E-state index contributed by atoms with van der Waals surface area (Å²) in [6, 6.07) is 13.7. The Balaban J connectivity index is 1.78. The van der Waals surface area contributed by atoms with Gasteiger partial charge in [-0.1, -0.05) is 18.2 Å². The topological polar surface area (TPSA) is 53.4 Å². The summed E-state index contributed by atoms with van der Waals surface area (Å²) in [7, 11) is 3.27. The second-order valence-corrected chi connectivity index (χ2v) is 6.97. The summed E-state index contributed by atoms with van der Waals surface area (Å²) in [5.74, 6) is 1.42. The van der Waals surface area contributed by atoms with Crippen LogP contribution in [-0.4, -0.2) is 29.6 Å². The van der Waals surface area contributed by atoms with E-state index in [9.17, 15) is 4.79 Å². The fraction of sp³-hybridized carbons (Fsp3) is 0.143. The molecule has 136 valence electrons. The van der Waals surface area contributed by atoms with Gasteiger partial charge in [0, 0.05) is 41.3 Å². The second kappa shape index (κ2) is 7.25. The first-order valence-corrected chi connectivity index (χ1v) is 9.31. The zero-order chi connectivity index (χ0) is 18.8. The summed E-state index contributed by atoms with van der Waals surface area (Å²) < 4.78 is 12.8. The number of ether oxygens (including phenoxy) is 2. The summed E-state index contributed by atoms with van der Waals surface area (Å²) in [6.45, 7) is 0.596. The lowest BCUT2D eigenvalue weighted by Gasteiger charge is -2.10. The van der Waals surface area contributed by atoms with E-state index >= 15 is 0 Å². The van der Waals surface area contributed by atoms with Crippen LogP contribution in [0.2, 0.25) is 0 Å². The molecule has 0 unspecified atom stereocenters. The van der Waals surface area contributed by atoms with Gasteiger partial charge in [-0.25, -0.2) is 4.98 Å². The van der Waals surface area contributed by atoms with Crippen LogP contribution in [0.1, 0.15) is 20.9 Å². The molecule has 0 aliphatic heterocycles. The van der Waals surface area contributed by atoms with Crippen molar-refractivity contribution in [2.45, 2.75) is 6.54 Å². The molecular weight excluding hydrogens is 360 g/mol. The molecule has 0 atom stereocenters. The smallest absolute Gasteiger partial charge is 0.223 e. The number of aromatic nitrogens is 2. The third kappa shape index (κ3) is 3.31. The maximum atomic E-state index is 12.9. The number of fused-ring (bicyclic) bond motifs is 1. The van der Waals surface area contributed by atoms with Gasteiger partial charge in [-0.05, 0) is 23.8 Å². The van der Waals surface area contributed by atoms with Crippen molar-refractivity contribution in [1.82, 2.24) is 9.55 Å². The Morgan fingerprint density at radius 1 is 1.11 bits per heavy atom. The molecule has 0 spiro atoms. The highest BCUT2D eigenvalue weighted by molar-refractivity contribution is 7.11. The summed E-state index contributed by atoms with van der Waals surface area (Å²) in [4.78, 5) is 17.0. The lowest BCUT2D eigenvalue weighted by molar-refractivity contribution is 0.103.